The van der Waals surface area contributed by atoms with Crippen LogP contribution in [0.5, 0.6) is 0 Å². The molecule has 5 rings (SSSR count). The number of carbonyl (C=O) groups excluding carboxylic acids is 1. The number of ether oxygens (including phenoxy) is 1. The fourth-order valence-corrected chi connectivity index (χ4v) is 4.66. The summed E-state index contributed by atoms with van der Waals surface area (Å²) in [6.07, 6.45) is 2.45. The van der Waals surface area contributed by atoms with Crippen molar-refractivity contribution >= 4 is 17.4 Å². The van der Waals surface area contributed by atoms with E-state index in [4.69, 9.17) is 10.5 Å². The van der Waals surface area contributed by atoms with Crippen LogP contribution in [0, 0.1) is 5.82 Å². The molecule has 3 aromatic rings. The van der Waals surface area contributed by atoms with Crippen molar-refractivity contribution in [1.29, 1.82) is 0 Å². The summed E-state index contributed by atoms with van der Waals surface area (Å²) in [7, 11) is 0. The molecule has 32 heavy (non-hydrogen) atoms. The molecule has 3 N–H and O–H groups in total. The van der Waals surface area contributed by atoms with E-state index in [0.717, 1.165) is 42.6 Å². The SMILES string of the molecule is Nc1ccnc(N(Cc2ccc(F)cc2)C(=O)[C@@H]2OC3(CCNCC3)c3ccccc32)c1. The fourth-order valence-electron chi connectivity index (χ4n) is 4.66. The quantitative estimate of drug-likeness (QED) is 0.657. The van der Waals surface area contributed by atoms with Crippen LogP contribution < -0.4 is 16.0 Å². The molecule has 1 saturated heterocycles. The molecule has 164 valence electrons. The molecule has 2 aliphatic heterocycles. The molecule has 1 amide bonds. The largest absolute Gasteiger partial charge is 0.399 e. The van der Waals surface area contributed by atoms with Crippen LogP contribution in [-0.4, -0.2) is 24.0 Å². The highest BCUT2D eigenvalue weighted by Crippen LogP contribution is 2.49. The van der Waals surface area contributed by atoms with Gasteiger partial charge in [-0.05, 0) is 60.8 Å². The van der Waals surface area contributed by atoms with Gasteiger partial charge < -0.3 is 15.8 Å². The molecular formula is C25H25FN4O2. The number of nitrogens with zero attached hydrogens (tertiary/aromatic N) is 2. The Morgan fingerprint density at radius 2 is 1.91 bits per heavy atom. The van der Waals surface area contributed by atoms with Crippen LogP contribution in [0.25, 0.3) is 0 Å². The summed E-state index contributed by atoms with van der Waals surface area (Å²) in [5.74, 6) is -0.100. The number of nitrogens with one attached hydrogen (secondary N) is 1. The van der Waals surface area contributed by atoms with E-state index in [0.29, 0.717) is 11.5 Å². The average molecular weight is 432 g/mol. The number of aromatic nitrogens is 1. The van der Waals surface area contributed by atoms with Gasteiger partial charge in [-0.25, -0.2) is 9.37 Å². The Labute approximate surface area is 186 Å². The number of hydrogen-bond donors (Lipinski definition) is 2. The first kappa shape index (κ1) is 20.6. The lowest BCUT2D eigenvalue weighted by molar-refractivity contribution is -0.145. The van der Waals surface area contributed by atoms with E-state index >= 15 is 0 Å². The standard InChI is InChI=1S/C25H25FN4O2/c26-18-7-5-17(6-8-18)16-30(22-15-19(27)9-12-29-22)24(31)23-20-3-1-2-4-21(20)25(32-23)10-13-28-14-11-25/h1-9,12,15,23,28H,10-11,13-14,16H2,(H2,27,29)/t23-/m1/s1. The van der Waals surface area contributed by atoms with Crippen molar-refractivity contribution in [3.05, 3.63) is 89.4 Å². The van der Waals surface area contributed by atoms with Gasteiger partial charge in [-0.15, -0.1) is 0 Å². The Kier molecular flexibility index (Phi) is 5.36. The van der Waals surface area contributed by atoms with Gasteiger partial charge in [0.15, 0.2) is 6.10 Å². The van der Waals surface area contributed by atoms with Crippen molar-refractivity contribution < 1.29 is 13.9 Å². The summed E-state index contributed by atoms with van der Waals surface area (Å²) in [5, 5.41) is 3.37. The molecule has 1 atom stereocenters. The van der Waals surface area contributed by atoms with Crippen LogP contribution in [-0.2, 0) is 21.7 Å². The minimum atomic E-state index is -0.743. The molecule has 7 heteroatoms. The van der Waals surface area contributed by atoms with Crippen LogP contribution in [0.4, 0.5) is 15.9 Å². The molecule has 0 unspecified atom stereocenters. The number of carbonyl (C=O) groups is 1. The van der Waals surface area contributed by atoms with Gasteiger partial charge in [0, 0.05) is 18.0 Å². The molecule has 6 nitrogen and oxygen atoms in total. The number of hydrogen-bond acceptors (Lipinski definition) is 5. The summed E-state index contributed by atoms with van der Waals surface area (Å²) in [6, 6.07) is 17.4. The van der Waals surface area contributed by atoms with Crippen molar-refractivity contribution in [3.63, 3.8) is 0 Å². The number of nitrogens with two attached hydrogens (primary N) is 1. The monoisotopic (exact) mass is 432 g/mol. The highest BCUT2D eigenvalue weighted by Gasteiger charge is 2.48. The Hall–Kier alpha value is -3.29. The Morgan fingerprint density at radius 3 is 2.66 bits per heavy atom. The lowest BCUT2D eigenvalue weighted by Crippen LogP contribution is -2.41. The maximum Gasteiger partial charge on any atom is 0.262 e. The van der Waals surface area contributed by atoms with E-state index in [9.17, 15) is 9.18 Å². The number of fused-ring (bicyclic) bond motifs is 2. The molecule has 0 aliphatic carbocycles. The van der Waals surface area contributed by atoms with Crippen LogP contribution >= 0.6 is 0 Å². The van der Waals surface area contributed by atoms with Crippen molar-refractivity contribution in [2.24, 2.45) is 0 Å². The number of piperidine rings is 1. The second-order valence-corrected chi connectivity index (χ2v) is 8.33. The number of amides is 1. The molecule has 2 aromatic carbocycles. The van der Waals surface area contributed by atoms with Crippen LogP contribution in [0.1, 0.15) is 35.6 Å². The van der Waals surface area contributed by atoms with E-state index < -0.39 is 11.7 Å². The molecule has 0 bridgehead atoms. The third-order valence-corrected chi connectivity index (χ3v) is 6.28. The molecule has 1 aromatic heterocycles. The number of anilines is 2. The van der Waals surface area contributed by atoms with E-state index in [1.807, 2.05) is 18.2 Å². The van der Waals surface area contributed by atoms with Gasteiger partial charge in [0.05, 0.1) is 12.1 Å². The van der Waals surface area contributed by atoms with Gasteiger partial charge in [0.25, 0.3) is 5.91 Å². The summed E-state index contributed by atoms with van der Waals surface area (Å²) < 4.78 is 20.0. The van der Waals surface area contributed by atoms with Crippen molar-refractivity contribution in [1.82, 2.24) is 10.3 Å². The topological polar surface area (TPSA) is 80.5 Å². The Bertz CT molecular complexity index is 1130. The lowest BCUT2D eigenvalue weighted by atomic mass is 9.84. The number of nitrogen functional groups attached to an aromatic ring is 1. The van der Waals surface area contributed by atoms with E-state index in [1.165, 1.54) is 12.1 Å². The fraction of sp³-hybridized carbons (Fsp3) is 0.280. The number of pyridine rings is 1. The molecule has 2 aliphatic rings. The number of halogens is 1. The highest BCUT2D eigenvalue weighted by atomic mass is 19.1. The Balaban J connectivity index is 1.53. The zero-order valence-corrected chi connectivity index (χ0v) is 17.6. The number of rotatable bonds is 4. The smallest absolute Gasteiger partial charge is 0.262 e. The summed E-state index contributed by atoms with van der Waals surface area (Å²) in [6.45, 7) is 1.91. The summed E-state index contributed by atoms with van der Waals surface area (Å²) in [4.78, 5) is 19.9. The summed E-state index contributed by atoms with van der Waals surface area (Å²) in [5.41, 5.74) is 8.79. The van der Waals surface area contributed by atoms with Gasteiger partial charge in [0.2, 0.25) is 0 Å². The second kappa shape index (κ2) is 8.33. The van der Waals surface area contributed by atoms with Crippen molar-refractivity contribution in [3.8, 4) is 0 Å². The third kappa shape index (κ3) is 3.74. The number of benzene rings is 2. The molecular weight excluding hydrogens is 407 g/mol. The first-order chi connectivity index (χ1) is 15.6. The lowest BCUT2D eigenvalue weighted by Gasteiger charge is -2.35. The predicted molar refractivity (Wildman–Crippen MR) is 120 cm³/mol. The molecule has 3 heterocycles. The second-order valence-electron chi connectivity index (χ2n) is 8.33. The zero-order valence-electron chi connectivity index (χ0n) is 17.6. The first-order valence-electron chi connectivity index (χ1n) is 10.8. The van der Waals surface area contributed by atoms with Crippen LogP contribution in [0.15, 0.2) is 66.9 Å². The molecule has 1 spiro atoms. The normalized spacial score (nSPS) is 19.0. The van der Waals surface area contributed by atoms with Gasteiger partial charge in [-0.3, -0.25) is 9.69 Å². The maximum absolute atomic E-state index is 13.9. The van der Waals surface area contributed by atoms with Gasteiger partial charge in [0.1, 0.15) is 11.6 Å². The van der Waals surface area contributed by atoms with Gasteiger partial charge in [-0.2, -0.15) is 0 Å². The maximum atomic E-state index is 13.9. The molecule has 0 radical (unpaired) electrons. The van der Waals surface area contributed by atoms with Crippen LogP contribution in [0.3, 0.4) is 0 Å². The van der Waals surface area contributed by atoms with Crippen molar-refractivity contribution in [2.75, 3.05) is 23.7 Å². The Morgan fingerprint density at radius 1 is 1.16 bits per heavy atom. The first-order valence-corrected chi connectivity index (χ1v) is 10.8. The van der Waals surface area contributed by atoms with E-state index in [1.54, 1.807) is 35.4 Å². The van der Waals surface area contributed by atoms with E-state index in [2.05, 4.69) is 16.4 Å². The minimum Gasteiger partial charge on any atom is -0.399 e. The average Bonchev–Trinajstić information content (AvgIpc) is 3.13. The van der Waals surface area contributed by atoms with Crippen LogP contribution in [0.2, 0.25) is 0 Å². The summed E-state index contributed by atoms with van der Waals surface area (Å²) >= 11 is 0. The molecule has 1 fully saturated rings. The predicted octanol–water partition coefficient (Wildman–Crippen LogP) is 3.69. The minimum absolute atomic E-state index is 0.213. The third-order valence-electron chi connectivity index (χ3n) is 6.28. The zero-order chi connectivity index (χ0) is 22.1. The highest BCUT2D eigenvalue weighted by molar-refractivity contribution is 5.97. The van der Waals surface area contributed by atoms with E-state index in [-0.39, 0.29) is 18.3 Å². The van der Waals surface area contributed by atoms with Gasteiger partial charge in [-0.1, -0.05) is 36.4 Å². The molecule has 0 saturated carbocycles. The van der Waals surface area contributed by atoms with Crippen molar-refractivity contribution in [2.45, 2.75) is 31.1 Å². The van der Waals surface area contributed by atoms with Gasteiger partial charge >= 0.3 is 0 Å².